The van der Waals surface area contributed by atoms with Crippen molar-refractivity contribution in [1.29, 1.82) is 0 Å². The van der Waals surface area contributed by atoms with Crippen molar-refractivity contribution in [3.63, 3.8) is 0 Å². The van der Waals surface area contributed by atoms with Crippen molar-refractivity contribution in [2.45, 2.75) is 19.8 Å². The van der Waals surface area contributed by atoms with E-state index in [1.54, 1.807) is 0 Å². The van der Waals surface area contributed by atoms with E-state index in [-0.39, 0.29) is 11.7 Å². The maximum atomic E-state index is 10.7. The van der Waals surface area contributed by atoms with E-state index in [1.165, 1.54) is 0 Å². The standard InChI is InChI=1S/C10H17N3O2/c1-7(11)12-8(2)13-5-3-9(4-6-13)10(14)15/h9H,1,3-6,11H2,2H3,(H,14,15)/b12-8+. The molecular weight excluding hydrogens is 194 g/mol. The van der Waals surface area contributed by atoms with Crippen LogP contribution in [0.1, 0.15) is 19.8 Å². The fourth-order valence-corrected chi connectivity index (χ4v) is 1.73. The van der Waals surface area contributed by atoms with E-state index in [2.05, 4.69) is 11.6 Å². The first-order valence-electron chi connectivity index (χ1n) is 4.98. The highest BCUT2D eigenvalue weighted by atomic mass is 16.4. The van der Waals surface area contributed by atoms with Gasteiger partial charge in [0.05, 0.1) is 5.92 Å². The average Bonchev–Trinajstić information content (AvgIpc) is 2.17. The van der Waals surface area contributed by atoms with Gasteiger partial charge in [-0.25, -0.2) is 4.99 Å². The highest BCUT2D eigenvalue weighted by Crippen LogP contribution is 2.17. The van der Waals surface area contributed by atoms with E-state index in [0.717, 1.165) is 18.9 Å². The molecule has 0 aromatic rings. The number of carbonyl (C=O) groups is 1. The summed E-state index contributed by atoms with van der Waals surface area (Å²) in [5.74, 6) is 0.182. The minimum absolute atomic E-state index is 0.213. The predicted octanol–water partition coefficient (Wildman–Crippen LogP) is 0.631. The van der Waals surface area contributed by atoms with E-state index in [9.17, 15) is 4.79 Å². The van der Waals surface area contributed by atoms with Crippen molar-refractivity contribution < 1.29 is 9.90 Å². The Morgan fingerprint density at radius 2 is 2.07 bits per heavy atom. The number of piperidine rings is 1. The van der Waals surface area contributed by atoms with Gasteiger partial charge in [-0.2, -0.15) is 0 Å². The molecule has 0 aromatic carbocycles. The van der Waals surface area contributed by atoms with Crippen molar-refractivity contribution >= 4 is 11.8 Å². The van der Waals surface area contributed by atoms with Crippen LogP contribution in [0.2, 0.25) is 0 Å². The molecule has 1 saturated heterocycles. The zero-order chi connectivity index (χ0) is 11.4. The largest absolute Gasteiger partial charge is 0.481 e. The van der Waals surface area contributed by atoms with Crippen LogP contribution in [0.5, 0.6) is 0 Å². The third-order valence-corrected chi connectivity index (χ3v) is 2.61. The Balaban J connectivity index is 2.50. The second-order valence-corrected chi connectivity index (χ2v) is 3.75. The molecule has 1 heterocycles. The van der Waals surface area contributed by atoms with Crippen molar-refractivity contribution in [1.82, 2.24) is 4.90 Å². The molecule has 1 rings (SSSR count). The van der Waals surface area contributed by atoms with Crippen LogP contribution in [0.4, 0.5) is 0 Å². The van der Waals surface area contributed by atoms with Gasteiger partial charge in [0, 0.05) is 13.1 Å². The first-order chi connectivity index (χ1) is 7.00. The highest BCUT2D eigenvalue weighted by Gasteiger charge is 2.24. The molecule has 1 aliphatic heterocycles. The number of amidine groups is 1. The summed E-state index contributed by atoms with van der Waals surface area (Å²) in [6.45, 7) is 6.81. The van der Waals surface area contributed by atoms with Crippen molar-refractivity contribution in [3.8, 4) is 0 Å². The second-order valence-electron chi connectivity index (χ2n) is 3.75. The molecule has 15 heavy (non-hydrogen) atoms. The van der Waals surface area contributed by atoms with Crippen LogP contribution in [-0.2, 0) is 4.79 Å². The van der Waals surface area contributed by atoms with Gasteiger partial charge < -0.3 is 15.7 Å². The summed E-state index contributed by atoms with van der Waals surface area (Å²) in [6.07, 6.45) is 1.33. The van der Waals surface area contributed by atoms with Gasteiger partial charge in [-0.15, -0.1) is 0 Å². The third kappa shape index (κ3) is 3.27. The number of aliphatic carboxylic acids is 1. The van der Waals surface area contributed by atoms with E-state index in [0.29, 0.717) is 12.8 Å². The van der Waals surface area contributed by atoms with E-state index < -0.39 is 5.97 Å². The molecule has 5 nitrogen and oxygen atoms in total. The second kappa shape index (κ2) is 4.82. The molecular formula is C10H17N3O2. The summed E-state index contributed by atoms with van der Waals surface area (Å²) in [5.41, 5.74) is 5.37. The highest BCUT2D eigenvalue weighted by molar-refractivity contribution is 5.81. The Hall–Kier alpha value is -1.52. The molecule has 0 amide bonds. The number of aliphatic imine (C=N–C) groups is 1. The van der Waals surface area contributed by atoms with Gasteiger partial charge in [-0.05, 0) is 19.8 Å². The molecule has 0 bridgehead atoms. The summed E-state index contributed by atoms with van der Waals surface area (Å²) >= 11 is 0. The van der Waals surface area contributed by atoms with E-state index in [1.807, 2.05) is 11.8 Å². The van der Waals surface area contributed by atoms with Gasteiger partial charge in [0.15, 0.2) is 0 Å². The Morgan fingerprint density at radius 1 is 1.53 bits per heavy atom. The topological polar surface area (TPSA) is 78.9 Å². The Bertz CT molecular complexity index is 291. The van der Waals surface area contributed by atoms with E-state index in [4.69, 9.17) is 10.8 Å². The molecule has 5 heteroatoms. The number of nitrogens with zero attached hydrogens (tertiary/aromatic N) is 2. The van der Waals surface area contributed by atoms with Crippen molar-refractivity contribution in [2.75, 3.05) is 13.1 Å². The molecule has 0 saturated carbocycles. The Morgan fingerprint density at radius 3 is 2.47 bits per heavy atom. The number of carboxylic acids is 1. The molecule has 1 aliphatic rings. The van der Waals surface area contributed by atoms with Gasteiger partial charge in [0.2, 0.25) is 0 Å². The van der Waals surface area contributed by atoms with Crippen LogP contribution in [0, 0.1) is 5.92 Å². The minimum Gasteiger partial charge on any atom is -0.481 e. The number of nitrogens with two attached hydrogens (primary N) is 1. The van der Waals surface area contributed by atoms with Gasteiger partial charge in [0.25, 0.3) is 0 Å². The lowest BCUT2D eigenvalue weighted by Crippen LogP contribution is -2.39. The first kappa shape index (κ1) is 11.6. The lowest BCUT2D eigenvalue weighted by molar-refractivity contribution is -0.143. The van der Waals surface area contributed by atoms with Gasteiger partial charge in [-0.1, -0.05) is 6.58 Å². The zero-order valence-corrected chi connectivity index (χ0v) is 8.94. The summed E-state index contributed by atoms with van der Waals surface area (Å²) in [6, 6.07) is 0. The van der Waals surface area contributed by atoms with Gasteiger partial charge in [-0.3, -0.25) is 4.79 Å². The first-order valence-corrected chi connectivity index (χ1v) is 4.98. The average molecular weight is 211 g/mol. The molecule has 0 radical (unpaired) electrons. The zero-order valence-electron chi connectivity index (χ0n) is 8.94. The van der Waals surface area contributed by atoms with Gasteiger partial charge in [0.1, 0.15) is 11.7 Å². The van der Waals surface area contributed by atoms with Gasteiger partial charge >= 0.3 is 5.97 Å². The molecule has 0 unspecified atom stereocenters. The number of hydrogen-bond acceptors (Lipinski definition) is 3. The SMILES string of the molecule is C=C(N)/N=C(\C)N1CCC(C(=O)O)CC1. The van der Waals surface area contributed by atoms with Crippen LogP contribution in [0.25, 0.3) is 0 Å². The maximum absolute atomic E-state index is 10.7. The molecule has 0 spiro atoms. The van der Waals surface area contributed by atoms with Crippen LogP contribution >= 0.6 is 0 Å². The number of rotatable bonds is 2. The monoisotopic (exact) mass is 211 g/mol. The fourth-order valence-electron chi connectivity index (χ4n) is 1.73. The molecule has 84 valence electrons. The molecule has 0 aliphatic carbocycles. The fraction of sp³-hybridized carbons (Fsp3) is 0.600. The normalized spacial score (nSPS) is 19.0. The predicted molar refractivity (Wildman–Crippen MR) is 58.4 cm³/mol. The molecule has 0 atom stereocenters. The number of hydrogen-bond donors (Lipinski definition) is 2. The summed E-state index contributed by atoms with van der Waals surface area (Å²) in [5, 5.41) is 8.83. The van der Waals surface area contributed by atoms with Crippen LogP contribution in [0.15, 0.2) is 17.4 Å². The molecule has 3 N–H and O–H groups in total. The quantitative estimate of drug-likeness (QED) is 0.518. The van der Waals surface area contributed by atoms with Crippen LogP contribution < -0.4 is 5.73 Å². The lowest BCUT2D eigenvalue weighted by atomic mass is 9.97. The third-order valence-electron chi connectivity index (χ3n) is 2.61. The summed E-state index contributed by atoms with van der Waals surface area (Å²) < 4.78 is 0. The molecule has 0 aromatic heterocycles. The molecule has 1 fully saturated rings. The summed E-state index contributed by atoms with van der Waals surface area (Å²) in [7, 11) is 0. The number of likely N-dealkylation sites (tertiary alicyclic amines) is 1. The van der Waals surface area contributed by atoms with Crippen LogP contribution in [-0.4, -0.2) is 34.9 Å². The van der Waals surface area contributed by atoms with Crippen LogP contribution in [0.3, 0.4) is 0 Å². The minimum atomic E-state index is -0.701. The number of carboxylic acid groups (broad SMARTS) is 1. The Kier molecular flexibility index (Phi) is 3.71. The Labute approximate surface area is 89.3 Å². The van der Waals surface area contributed by atoms with Crippen molar-refractivity contribution in [2.24, 2.45) is 16.6 Å². The smallest absolute Gasteiger partial charge is 0.306 e. The van der Waals surface area contributed by atoms with E-state index >= 15 is 0 Å². The maximum Gasteiger partial charge on any atom is 0.306 e. The lowest BCUT2D eigenvalue weighted by Gasteiger charge is -2.31. The van der Waals surface area contributed by atoms with Crippen molar-refractivity contribution in [3.05, 3.63) is 12.4 Å². The summed E-state index contributed by atoms with van der Waals surface area (Å²) in [4.78, 5) is 16.8.